The van der Waals surface area contributed by atoms with Gasteiger partial charge in [0.05, 0.1) is 5.41 Å². The maximum absolute atomic E-state index is 13.5. The molecule has 0 unspecified atom stereocenters. The molecule has 0 saturated heterocycles. The Hall–Kier alpha value is -1.87. The summed E-state index contributed by atoms with van der Waals surface area (Å²) in [6, 6.07) is 13.6. The molecule has 110 valence electrons. The highest BCUT2D eigenvalue weighted by atomic mass is 35.5. The van der Waals surface area contributed by atoms with Crippen molar-refractivity contribution in [2.45, 2.75) is 25.8 Å². The van der Waals surface area contributed by atoms with E-state index in [0.29, 0.717) is 10.6 Å². The number of hydrogen-bond acceptors (Lipinski definition) is 1. The van der Waals surface area contributed by atoms with Crippen LogP contribution >= 0.6 is 11.6 Å². The zero-order valence-electron chi connectivity index (χ0n) is 12.0. The van der Waals surface area contributed by atoms with Crippen molar-refractivity contribution in [2.75, 3.05) is 0 Å². The van der Waals surface area contributed by atoms with Gasteiger partial charge in [0.15, 0.2) is 0 Å². The fourth-order valence-electron chi connectivity index (χ4n) is 2.04. The van der Waals surface area contributed by atoms with E-state index in [2.05, 4.69) is 5.32 Å². The van der Waals surface area contributed by atoms with Gasteiger partial charge in [-0.1, -0.05) is 41.9 Å². The lowest BCUT2D eigenvalue weighted by Crippen LogP contribution is -2.39. The van der Waals surface area contributed by atoms with Crippen LogP contribution in [0.5, 0.6) is 0 Å². The molecule has 2 rings (SSSR count). The Kier molecular flexibility index (Phi) is 4.63. The Morgan fingerprint density at radius 1 is 1.14 bits per heavy atom. The van der Waals surface area contributed by atoms with Crippen LogP contribution < -0.4 is 5.32 Å². The molecule has 21 heavy (non-hydrogen) atoms. The van der Waals surface area contributed by atoms with E-state index < -0.39 is 5.41 Å². The Morgan fingerprint density at radius 2 is 1.76 bits per heavy atom. The molecular weight excluding hydrogens is 289 g/mol. The van der Waals surface area contributed by atoms with Crippen LogP contribution in [0.15, 0.2) is 48.5 Å². The first-order valence-corrected chi connectivity index (χ1v) is 7.07. The molecule has 1 N–H and O–H groups in total. The van der Waals surface area contributed by atoms with Crippen LogP contribution in [0.2, 0.25) is 5.02 Å². The molecule has 0 atom stereocenters. The van der Waals surface area contributed by atoms with Crippen molar-refractivity contribution in [3.63, 3.8) is 0 Å². The molecule has 1 amide bonds. The van der Waals surface area contributed by atoms with Gasteiger partial charge in [-0.2, -0.15) is 0 Å². The third-order valence-electron chi connectivity index (χ3n) is 3.53. The minimum absolute atomic E-state index is 0.159. The number of benzene rings is 2. The summed E-state index contributed by atoms with van der Waals surface area (Å²) in [6.45, 7) is 3.82. The molecule has 0 heterocycles. The van der Waals surface area contributed by atoms with Gasteiger partial charge in [-0.3, -0.25) is 4.79 Å². The molecule has 0 aliphatic carbocycles. The monoisotopic (exact) mass is 305 g/mol. The van der Waals surface area contributed by atoms with Crippen LogP contribution in [0.3, 0.4) is 0 Å². The molecule has 0 aromatic heterocycles. The average molecular weight is 306 g/mol. The maximum atomic E-state index is 13.5. The van der Waals surface area contributed by atoms with Gasteiger partial charge in [0, 0.05) is 17.1 Å². The van der Waals surface area contributed by atoms with Gasteiger partial charge in [-0.15, -0.1) is 0 Å². The number of hydrogen-bond donors (Lipinski definition) is 1. The summed E-state index contributed by atoms with van der Waals surface area (Å²) in [5, 5.41) is 3.41. The summed E-state index contributed by atoms with van der Waals surface area (Å²) in [5.41, 5.74) is 0.617. The van der Waals surface area contributed by atoms with Crippen LogP contribution in [0, 0.1) is 5.82 Å². The quantitative estimate of drug-likeness (QED) is 0.906. The van der Waals surface area contributed by atoms with Gasteiger partial charge in [-0.05, 0) is 37.6 Å². The highest BCUT2D eigenvalue weighted by Crippen LogP contribution is 2.25. The van der Waals surface area contributed by atoms with Crippen molar-refractivity contribution in [3.05, 3.63) is 70.5 Å². The smallest absolute Gasteiger partial charge is 0.230 e. The first-order valence-electron chi connectivity index (χ1n) is 6.69. The minimum atomic E-state index is -0.712. The second-order valence-corrected chi connectivity index (χ2v) is 5.84. The lowest BCUT2D eigenvalue weighted by atomic mass is 9.83. The topological polar surface area (TPSA) is 29.1 Å². The van der Waals surface area contributed by atoms with Crippen molar-refractivity contribution in [2.24, 2.45) is 0 Å². The number of carbonyl (C=O) groups excluding carboxylic acids is 1. The van der Waals surface area contributed by atoms with E-state index in [4.69, 9.17) is 11.6 Å². The van der Waals surface area contributed by atoms with Crippen molar-refractivity contribution >= 4 is 17.5 Å². The van der Waals surface area contributed by atoms with Crippen LogP contribution in [0.1, 0.15) is 25.0 Å². The first-order chi connectivity index (χ1) is 9.91. The molecule has 0 spiro atoms. The van der Waals surface area contributed by atoms with E-state index in [1.165, 1.54) is 6.07 Å². The summed E-state index contributed by atoms with van der Waals surface area (Å²) in [7, 11) is 0. The van der Waals surface area contributed by atoms with E-state index in [1.807, 2.05) is 26.0 Å². The number of halogens is 2. The third-order valence-corrected chi connectivity index (χ3v) is 3.78. The Labute approximate surface area is 128 Å². The zero-order valence-corrected chi connectivity index (χ0v) is 12.7. The van der Waals surface area contributed by atoms with Crippen LogP contribution in [0.25, 0.3) is 0 Å². The third kappa shape index (κ3) is 3.61. The van der Waals surface area contributed by atoms with E-state index in [9.17, 15) is 9.18 Å². The molecule has 2 aromatic rings. The van der Waals surface area contributed by atoms with E-state index in [1.54, 1.807) is 30.3 Å². The van der Waals surface area contributed by atoms with Gasteiger partial charge < -0.3 is 5.32 Å². The standard InChI is InChI=1S/C17H17ClFNO/c1-17(2,13-7-9-14(18)10-8-13)16(21)20-11-12-5-3-4-6-15(12)19/h3-10H,11H2,1-2H3,(H,20,21). The number of amides is 1. The van der Waals surface area contributed by atoms with E-state index >= 15 is 0 Å². The lowest BCUT2D eigenvalue weighted by molar-refractivity contribution is -0.125. The number of rotatable bonds is 4. The van der Waals surface area contributed by atoms with Crippen molar-refractivity contribution < 1.29 is 9.18 Å². The highest BCUT2D eigenvalue weighted by molar-refractivity contribution is 6.30. The summed E-state index contributed by atoms with van der Waals surface area (Å²) >= 11 is 5.86. The fourth-order valence-corrected chi connectivity index (χ4v) is 2.16. The average Bonchev–Trinajstić information content (AvgIpc) is 2.46. The number of nitrogens with one attached hydrogen (secondary N) is 1. The van der Waals surface area contributed by atoms with Gasteiger partial charge in [-0.25, -0.2) is 4.39 Å². The van der Waals surface area contributed by atoms with Crippen LogP contribution in [0.4, 0.5) is 4.39 Å². The predicted octanol–water partition coefficient (Wildman–Crippen LogP) is 4.07. The second kappa shape index (κ2) is 6.27. The first kappa shape index (κ1) is 15.5. The van der Waals surface area contributed by atoms with Gasteiger partial charge >= 0.3 is 0 Å². The molecule has 4 heteroatoms. The predicted molar refractivity (Wildman–Crippen MR) is 82.7 cm³/mol. The largest absolute Gasteiger partial charge is 0.351 e. The van der Waals surface area contributed by atoms with Gasteiger partial charge in [0.25, 0.3) is 0 Å². The van der Waals surface area contributed by atoms with E-state index in [-0.39, 0.29) is 18.3 Å². The Morgan fingerprint density at radius 3 is 2.38 bits per heavy atom. The molecular formula is C17H17ClFNO. The summed E-state index contributed by atoms with van der Waals surface area (Å²) < 4.78 is 13.5. The molecule has 0 saturated carbocycles. The maximum Gasteiger partial charge on any atom is 0.230 e. The van der Waals surface area contributed by atoms with Crippen molar-refractivity contribution in [1.82, 2.24) is 5.32 Å². The molecule has 0 aliphatic rings. The molecule has 2 aromatic carbocycles. The zero-order chi connectivity index (χ0) is 15.5. The molecule has 0 fully saturated rings. The lowest BCUT2D eigenvalue weighted by Gasteiger charge is -2.24. The van der Waals surface area contributed by atoms with Crippen molar-refractivity contribution in [3.8, 4) is 0 Å². The van der Waals surface area contributed by atoms with Gasteiger partial charge in [0.2, 0.25) is 5.91 Å². The molecule has 0 radical (unpaired) electrons. The SMILES string of the molecule is CC(C)(C(=O)NCc1ccccc1F)c1ccc(Cl)cc1. The van der Waals surface area contributed by atoms with Crippen molar-refractivity contribution in [1.29, 1.82) is 0 Å². The van der Waals surface area contributed by atoms with Crippen LogP contribution in [-0.4, -0.2) is 5.91 Å². The fraction of sp³-hybridized carbons (Fsp3) is 0.235. The highest BCUT2D eigenvalue weighted by Gasteiger charge is 2.29. The Bertz CT molecular complexity index is 637. The molecule has 2 nitrogen and oxygen atoms in total. The van der Waals surface area contributed by atoms with E-state index in [0.717, 1.165) is 5.56 Å². The van der Waals surface area contributed by atoms with Gasteiger partial charge in [0.1, 0.15) is 5.82 Å². The minimum Gasteiger partial charge on any atom is -0.351 e. The Balaban J connectivity index is 2.08. The number of carbonyl (C=O) groups is 1. The second-order valence-electron chi connectivity index (χ2n) is 5.41. The molecule has 0 bridgehead atoms. The summed E-state index contributed by atoms with van der Waals surface area (Å²) in [6.07, 6.45) is 0. The summed E-state index contributed by atoms with van der Waals surface area (Å²) in [4.78, 5) is 12.4. The summed E-state index contributed by atoms with van der Waals surface area (Å²) in [5.74, 6) is -0.477. The van der Waals surface area contributed by atoms with Crippen LogP contribution in [-0.2, 0) is 16.8 Å². The normalized spacial score (nSPS) is 11.2. The molecule has 0 aliphatic heterocycles.